The first-order chi connectivity index (χ1) is 13.5. The number of thiazole rings is 1. The molecule has 0 spiro atoms. The van der Waals surface area contributed by atoms with Gasteiger partial charge in [0.05, 0.1) is 5.69 Å². The summed E-state index contributed by atoms with van der Waals surface area (Å²) in [5, 5.41) is 6.76. The lowest BCUT2D eigenvalue weighted by molar-refractivity contribution is 0.103. The summed E-state index contributed by atoms with van der Waals surface area (Å²) < 4.78 is 26.5. The number of thiophene rings is 1. The van der Waals surface area contributed by atoms with Crippen LogP contribution in [0, 0.1) is 18.6 Å². The molecule has 0 saturated heterocycles. The van der Waals surface area contributed by atoms with Gasteiger partial charge < -0.3 is 0 Å². The molecule has 0 bridgehead atoms. The van der Waals surface area contributed by atoms with Crippen LogP contribution in [0.4, 0.5) is 13.9 Å². The Morgan fingerprint density at radius 3 is 2.46 bits per heavy atom. The van der Waals surface area contributed by atoms with E-state index in [1.54, 1.807) is 5.38 Å². The normalized spacial score (nSPS) is 10.8. The minimum absolute atomic E-state index is 0.253. The lowest BCUT2D eigenvalue weighted by atomic mass is 10.0. The molecule has 0 atom stereocenters. The summed E-state index contributed by atoms with van der Waals surface area (Å²) in [6.45, 7) is 2.01. The fourth-order valence-electron chi connectivity index (χ4n) is 2.72. The molecule has 2 heterocycles. The summed E-state index contributed by atoms with van der Waals surface area (Å²) >= 11 is 2.59. The molecule has 4 aromatic rings. The molecule has 0 fully saturated rings. The minimum atomic E-state index is -0.933. The summed E-state index contributed by atoms with van der Waals surface area (Å²) in [6, 6.07) is 13.5. The lowest BCUT2D eigenvalue weighted by Crippen LogP contribution is -2.11. The van der Waals surface area contributed by atoms with Crippen LogP contribution in [0.1, 0.15) is 15.2 Å². The van der Waals surface area contributed by atoms with Crippen LogP contribution < -0.4 is 5.32 Å². The van der Waals surface area contributed by atoms with Crippen LogP contribution in [0.25, 0.3) is 22.4 Å². The van der Waals surface area contributed by atoms with Crippen molar-refractivity contribution in [1.82, 2.24) is 4.98 Å². The van der Waals surface area contributed by atoms with Crippen LogP contribution in [-0.4, -0.2) is 10.9 Å². The van der Waals surface area contributed by atoms with Gasteiger partial charge >= 0.3 is 0 Å². The highest BCUT2D eigenvalue weighted by atomic mass is 32.1. The van der Waals surface area contributed by atoms with Crippen molar-refractivity contribution in [3.05, 3.63) is 81.4 Å². The van der Waals surface area contributed by atoms with Gasteiger partial charge in [0.2, 0.25) is 0 Å². The van der Waals surface area contributed by atoms with Crippen molar-refractivity contribution in [2.45, 2.75) is 6.92 Å². The second-order valence-electron chi connectivity index (χ2n) is 6.15. The number of hydrogen-bond acceptors (Lipinski definition) is 4. The topological polar surface area (TPSA) is 42.0 Å². The number of aryl methyl sites for hydroxylation is 1. The predicted molar refractivity (Wildman–Crippen MR) is 110 cm³/mol. The van der Waals surface area contributed by atoms with Crippen molar-refractivity contribution in [2.75, 3.05) is 5.32 Å². The molecule has 0 aliphatic heterocycles. The molecular formula is C21H14F2N2OS2. The molecule has 4 rings (SSSR count). The third kappa shape index (κ3) is 3.72. The highest BCUT2D eigenvalue weighted by molar-refractivity contribution is 7.15. The van der Waals surface area contributed by atoms with Crippen LogP contribution in [0.3, 0.4) is 0 Å². The molecule has 140 valence electrons. The van der Waals surface area contributed by atoms with E-state index in [0.29, 0.717) is 21.3 Å². The fourth-order valence-corrected chi connectivity index (χ4v) is 4.24. The monoisotopic (exact) mass is 412 g/mol. The maximum absolute atomic E-state index is 13.4. The van der Waals surface area contributed by atoms with E-state index in [0.717, 1.165) is 28.8 Å². The Morgan fingerprint density at radius 2 is 1.71 bits per heavy atom. The molecule has 1 amide bonds. The van der Waals surface area contributed by atoms with Crippen molar-refractivity contribution < 1.29 is 13.6 Å². The summed E-state index contributed by atoms with van der Waals surface area (Å²) in [7, 11) is 0. The zero-order valence-electron chi connectivity index (χ0n) is 14.7. The van der Waals surface area contributed by atoms with Gasteiger partial charge in [0, 0.05) is 16.5 Å². The van der Waals surface area contributed by atoms with Gasteiger partial charge in [0.25, 0.3) is 5.91 Å². The molecule has 2 aromatic heterocycles. The number of carbonyl (C=O) groups is 1. The van der Waals surface area contributed by atoms with Gasteiger partial charge in [0.15, 0.2) is 16.8 Å². The Labute approximate surface area is 168 Å². The van der Waals surface area contributed by atoms with Gasteiger partial charge in [-0.15, -0.1) is 22.7 Å². The Bertz CT molecular complexity index is 1150. The molecule has 0 saturated carbocycles. The van der Waals surface area contributed by atoms with E-state index in [9.17, 15) is 13.6 Å². The zero-order valence-corrected chi connectivity index (χ0v) is 16.3. The van der Waals surface area contributed by atoms with Gasteiger partial charge in [-0.3, -0.25) is 10.1 Å². The minimum Gasteiger partial charge on any atom is -0.297 e. The van der Waals surface area contributed by atoms with Gasteiger partial charge in [-0.2, -0.15) is 0 Å². The number of amides is 1. The molecular weight excluding hydrogens is 398 g/mol. The molecule has 0 unspecified atom stereocenters. The van der Waals surface area contributed by atoms with Crippen LogP contribution in [0.5, 0.6) is 0 Å². The third-order valence-electron chi connectivity index (χ3n) is 4.17. The number of nitrogens with zero attached hydrogens (tertiary/aromatic N) is 1. The second-order valence-corrected chi connectivity index (χ2v) is 7.92. The lowest BCUT2D eigenvalue weighted by Gasteiger charge is -2.05. The van der Waals surface area contributed by atoms with Crippen LogP contribution >= 0.6 is 22.7 Å². The summed E-state index contributed by atoms with van der Waals surface area (Å²) in [4.78, 5) is 17.6. The van der Waals surface area contributed by atoms with Gasteiger partial charge in [-0.05, 0) is 42.1 Å². The molecule has 7 heteroatoms. The molecule has 1 N–H and O–H groups in total. The van der Waals surface area contributed by atoms with Crippen molar-refractivity contribution in [2.24, 2.45) is 0 Å². The molecule has 0 radical (unpaired) electrons. The second kappa shape index (κ2) is 7.61. The van der Waals surface area contributed by atoms with Crippen molar-refractivity contribution in [1.29, 1.82) is 0 Å². The maximum Gasteiger partial charge on any atom is 0.268 e. The highest BCUT2D eigenvalue weighted by Gasteiger charge is 2.17. The average molecular weight is 412 g/mol. The van der Waals surface area contributed by atoms with E-state index in [4.69, 9.17) is 0 Å². The number of halogens is 2. The zero-order chi connectivity index (χ0) is 19.7. The SMILES string of the molecule is Cc1ccc(-c2ccsc2C(=O)Nc2nc(-c3ccc(F)c(F)c3)cs2)cc1. The number of benzene rings is 2. The van der Waals surface area contributed by atoms with Gasteiger partial charge in [0.1, 0.15) is 4.88 Å². The van der Waals surface area contributed by atoms with Crippen LogP contribution in [-0.2, 0) is 0 Å². The van der Waals surface area contributed by atoms with E-state index in [-0.39, 0.29) is 5.91 Å². The standard InChI is InChI=1S/C21H14F2N2OS2/c1-12-2-4-13(5-3-12)15-8-9-27-19(15)20(26)25-21-24-18(11-28-21)14-6-7-16(22)17(23)10-14/h2-11H,1H3,(H,24,25,26). The van der Waals surface area contributed by atoms with Crippen LogP contribution in [0.15, 0.2) is 59.3 Å². The Balaban J connectivity index is 1.55. The first-order valence-corrected chi connectivity index (χ1v) is 10.1. The number of rotatable bonds is 4. The Morgan fingerprint density at radius 1 is 0.964 bits per heavy atom. The molecule has 0 aliphatic carbocycles. The fraction of sp³-hybridized carbons (Fsp3) is 0.0476. The number of hydrogen-bond donors (Lipinski definition) is 1. The maximum atomic E-state index is 13.4. The van der Waals surface area contributed by atoms with Crippen LogP contribution in [0.2, 0.25) is 0 Å². The largest absolute Gasteiger partial charge is 0.297 e. The van der Waals surface area contributed by atoms with Gasteiger partial charge in [-0.25, -0.2) is 13.8 Å². The van der Waals surface area contributed by atoms with E-state index in [1.165, 1.54) is 28.7 Å². The average Bonchev–Trinajstić information content (AvgIpc) is 3.34. The van der Waals surface area contributed by atoms with E-state index in [2.05, 4.69) is 10.3 Å². The van der Waals surface area contributed by atoms with E-state index < -0.39 is 11.6 Å². The molecule has 0 aliphatic rings. The first-order valence-electron chi connectivity index (χ1n) is 8.38. The smallest absolute Gasteiger partial charge is 0.268 e. The quantitative estimate of drug-likeness (QED) is 0.423. The number of carbonyl (C=O) groups excluding carboxylic acids is 1. The number of anilines is 1. The molecule has 28 heavy (non-hydrogen) atoms. The third-order valence-corrected chi connectivity index (χ3v) is 5.84. The first kappa shape index (κ1) is 18.5. The van der Waals surface area contributed by atoms with Crippen molar-refractivity contribution in [3.8, 4) is 22.4 Å². The Hall–Kier alpha value is -2.90. The molecule has 3 nitrogen and oxygen atoms in total. The van der Waals surface area contributed by atoms with Gasteiger partial charge in [-0.1, -0.05) is 29.8 Å². The summed E-state index contributed by atoms with van der Waals surface area (Å²) in [5.74, 6) is -2.09. The Kier molecular flexibility index (Phi) is 5.02. The predicted octanol–water partition coefficient (Wildman–Crippen LogP) is 6.38. The highest BCUT2D eigenvalue weighted by Crippen LogP contribution is 2.31. The number of aromatic nitrogens is 1. The van der Waals surface area contributed by atoms with Crippen molar-refractivity contribution >= 4 is 33.7 Å². The van der Waals surface area contributed by atoms with E-state index >= 15 is 0 Å². The summed E-state index contributed by atoms with van der Waals surface area (Å²) in [5.41, 5.74) is 3.91. The van der Waals surface area contributed by atoms with Crippen molar-refractivity contribution in [3.63, 3.8) is 0 Å². The summed E-state index contributed by atoms with van der Waals surface area (Å²) in [6.07, 6.45) is 0. The molecule has 2 aromatic carbocycles. The van der Waals surface area contributed by atoms with E-state index in [1.807, 2.05) is 42.6 Å². The number of nitrogens with one attached hydrogen (secondary N) is 1.